The number of hydrogen-bond donors (Lipinski definition) is 1. The molecule has 1 aromatic rings. The molecule has 1 aliphatic carbocycles. The summed E-state index contributed by atoms with van der Waals surface area (Å²) in [6.45, 7) is 2.53. The average molecular weight is 283 g/mol. The van der Waals surface area contributed by atoms with Crippen LogP contribution in [0, 0.1) is 0 Å². The number of hydrogen-bond acceptors (Lipinski definition) is 3. The van der Waals surface area contributed by atoms with Gasteiger partial charge in [0.2, 0.25) is 5.43 Å². The topological polar surface area (TPSA) is 59.2 Å². The van der Waals surface area contributed by atoms with E-state index in [1.54, 1.807) is 6.20 Å². The third kappa shape index (κ3) is 3.93. The van der Waals surface area contributed by atoms with Crippen LogP contribution in [-0.2, 0) is 16.6 Å². The van der Waals surface area contributed by atoms with Crippen LogP contribution in [0.4, 0.5) is 0 Å². The quantitative estimate of drug-likeness (QED) is 0.872. The van der Waals surface area contributed by atoms with E-state index in [0.29, 0.717) is 23.4 Å². The van der Waals surface area contributed by atoms with Crippen LogP contribution in [-0.4, -0.2) is 21.0 Å². The maximum Gasteiger partial charge on any atom is 0.223 e. The molecular formula is C14H21NO3S. The van der Waals surface area contributed by atoms with Gasteiger partial charge in [-0.15, -0.1) is 0 Å². The molecule has 0 aliphatic heterocycles. The van der Waals surface area contributed by atoms with Crippen molar-refractivity contribution in [1.82, 2.24) is 4.98 Å². The molecule has 1 fully saturated rings. The summed E-state index contributed by atoms with van der Waals surface area (Å²) in [6.07, 6.45) is 6.91. The van der Waals surface area contributed by atoms with Gasteiger partial charge >= 0.3 is 0 Å². The Kier molecular flexibility index (Phi) is 5.19. The Labute approximate surface area is 116 Å². The van der Waals surface area contributed by atoms with Crippen molar-refractivity contribution >= 4 is 10.8 Å². The molecule has 106 valence electrons. The fourth-order valence-corrected chi connectivity index (χ4v) is 3.90. The Morgan fingerprint density at radius 2 is 2.16 bits per heavy atom. The number of H-pyrrole nitrogens is 1. The highest BCUT2D eigenvalue weighted by molar-refractivity contribution is 7.84. The van der Waals surface area contributed by atoms with E-state index in [1.807, 2.05) is 6.92 Å². The van der Waals surface area contributed by atoms with Gasteiger partial charge in [0, 0.05) is 34.0 Å². The molecule has 1 heterocycles. The largest absolute Gasteiger partial charge is 0.488 e. The molecule has 19 heavy (non-hydrogen) atoms. The van der Waals surface area contributed by atoms with Crippen LogP contribution in [0.2, 0.25) is 0 Å². The van der Waals surface area contributed by atoms with Crippen LogP contribution in [0.5, 0.6) is 5.75 Å². The second-order valence-corrected chi connectivity index (χ2v) is 6.68. The minimum Gasteiger partial charge on any atom is -0.488 e. The lowest BCUT2D eigenvalue weighted by molar-refractivity contribution is 0.313. The minimum absolute atomic E-state index is 0.134. The molecule has 0 amide bonds. The number of aromatic nitrogens is 1. The lowest BCUT2D eigenvalue weighted by Crippen LogP contribution is -2.15. The number of aromatic amines is 1. The van der Waals surface area contributed by atoms with Gasteiger partial charge < -0.3 is 9.72 Å². The molecule has 1 saturated carbocycles. The molecule has 0 spiro atoms. The van der Waals surface area contributed by atoms with Gasteiger partial charge in [-0.1, -0.05) is 19.8 Å². The van der Waals surface area contributed by atoms with E-state index in [0.717, 1.165) is 25.0 Å². The van der Waals surface area contributed by atoms with Crippen LogP contribution in [0.3, 0.4) is 0 Å². The van der Waals surface area contributed by atoms with Crippen molar-refractivity contribution in [2.75, 3.05) is 6.61 Å². The summed E-state index contributed by atoms with van der Waals surface area (Å²) in [7, 11) is -0.878. The van der Waals surface area contributed by atoms with E-state index in [-0.39, 0.29) is 5.43 Å². The van der Waals surface area contributed by atoms with Crippen molar-refractivity contribution in [3.05, 3.63) is 28.2 Å². The standard InChI is InChI=1S/C14H21NO3S/c1-2-7-18-14-9-15-11(8-13(14)16)10-19(17)12-5-3-4-6-12/h8-9,12H,2-7,10H2,1H3,(H,15,16). The zero-order valence-corrected chi connectivity index (χ0v) is 12.1. The summed E-state index contributed by atoms with van der Waals surface area (Å²) >= 11 is 0. The first-order valence-corrected chi connectivity index (χ1v) is 8.30. The van der Waals surface area contributed by atoms with E-state index in [9.17, 15) is 9.00 Å². The zero-order chi connectivity index (χ0) is 13.7. The van der Waals surface area contributed by atoms with Gasteiger partial charge in [0.25, 0.3) is 0 Å². The first-order valence-electron chi connectivity index (χ1n) is 6.92. The summed E-state index contributed by atoms with van der Waals surface area (Å²) in [5.41, 5.74) is 0.602. The van der Waals surface area contributed by atoms with E-state index in [2.05, 4.69) is 4.98 Å². The molecule has 0 radical (unpaired) electrons. The van der Waals surface area contributed by atoms with Gasteiger partial charge in [-0.25, -0.2) is 0 Å². The molecule has 1 aliphatic rings. The van der Waals surface area contributed by atoms with Crippen molar-refractivity contribution in [3.8, 4) is 5.75 Å². The Morgan fingerprint density at radius 3 is 2.79 bits per heavy atom. The maximum atomic E-state index is 12.1. The van der Waals surface area contributed by atoms with Crippen molar-refractivity contribution in [3.63, 3.8) is 0 Å². The first kappa shape index (κ1) is 14.3. The molecule has 1 N–H and O–H groups in total. The lowest BCUT2D eigenvalue weighted by Gasteiger charge is -2.09. The maximum absolute atomic E-state index is 12.1. The third-order valence-corrected chi connectivity index (χ3v) is 5.18. The zero-order valence-electron chi connectivity index (χ0n) is 11.3. The number of ether oxygens (including phenoxy) is 1. The van der Waals surface area contributed by atoms with Gasteiger partial charge in [0.05, 0.1) is 12.4 Å². The van der Waals surface area contributed by atoms with Crippen LogP contribution >= 0.6 is 0 Å². The molecule has 1 unspecified atom stereocenters. The number of pyridine rings is 1. The van der Waals surface area contributed by atoms with Gasteiger partial charge in [-0.2, -0.15) is 0 Å². The summed E-state index contributed by atoms with van der Waals surface area (Å²) in [5, 5.41) is 0.305. The third-order valence-electron chi connectivity index (χ3n) is 3.37. The fourth-order valence-electron chi connectivity index (χ4n) is 2.33. The molecule has 5 heteroatoms. The summed E-state index contributed by atoms with van der Waals surface area (Å²) in [6, 6.07) is 1.51. The normalized spacial score (nSPS) is 17.5. The highest BCUT2D eigenvalue weighted by Crippen LogP contribution is 2.24. The van der Waals surface area contributed by atoms with E-state index in [4.69, 9.17) is 4.74 Å². The van der Waals surface area contributed by atoms with Gasteiger partial charge in [0.15, 0.2) is 5.75 Å². The van der Waals surface area contributed by atoms with E-state index >= 15 is 0 Å². The van der Waals surface area contributed by atoms with Crippen LogP contribution in [0.25, 0.3) is 0 Å². The van der Waals surface area contributed by atoms with Crippen LogP contribution in [0.1, 0.15) is 44.7 Å². The molecular weight excluding hydrogens is 262 g/mol. The SMILES string of the molecule is CCCOc1c[nH]c(CS(=O)C2CCCC2)cc1=O. The second-order valence-electron chi connectivity index (χ2n) is 4.97. The second kappa shape index (κ2) is 6.89. The van der Waals surface area contributed by atoms with E-state index < -0.39 is 10.8 Å². The molecule has 0 saturated heterocycles. The minimum atomic E-state index is -0.878. The smallest absolute Gasteiger partial charge is 0.223 e. The van der Waals surface area contributed by atoms with Crippen molar-refractivity contribution in [1.29, 1.82) is 0 Å². The molecule has 2 rings (SSSR count). The highest BCUT2D eigenvalue weighted by Gasteiger charge is 2.21. The Morgan fingerprint density at radius 1 is 1.42 bits per heavy atom. The lowest BCUT2D eigenvalue weighted by atomic mass is 10.3. The summed E-state index contributed by atoms with van der Waals surface area (Å²) in [5.74, 6) is 0.783. The van der Waals surface area contributed by atoms with Gasteiger partial charge in [0.1, 0.15) is 0 Å². The Balaban J connectivity index is 1.99. The Bertz CT molecular complexity index is 492. The number of nitrogens with one attached hydrogen (secondary N) is 1. The Hall–Kier alpha value is -1.10. The molecule has 0 aromatic carbocycles. The number of rotatable bonds is 6. The van der Waals surface area contributed by atoms with Crippen molar-refractivity contribution in [2.24, 2.45) is 0 Å². The predicted molar refractivity (Wildman–Crippen MR) is 77.0 cm³/mol. The van der Waals surface area contributed by atoms with Crippen molar-refractivity contribution < 1.29 is 8.95 Å². The molecule has 1 atom stereocenters. The van der Waals surface area contributed by atoms with Crippen molar-refractivity contribution in [2.45, 2.75) is 50.0 Å². The summed E-state index contributed by atoms with van der Waals surface area (Å²) < 4.78 is 17.5. The predicted octanol–water partition coefficient (Wildman–Crippen LogP) is 2.36. The van der Waals surface area contributed by atoms with Gasteiger partial charge in [-0.05, 0) is 19.3 Å². The first-order chi connectivity index (χ1) is 9.20. The highest BCUT2D eigenvalue weighted by atomic mass is 32.2. The van der Waals surface area contributed by atoms with Gasteiger partial charge in [-0.3, -0.25) is 9.00 Å². The molecule has 4 nitrogen and oxygen atoms in total. The molecule has 0 bridgehead atoms. The van der Waals surface area contributed by atoms with Crippen LogP contribution in [0.15, 0.2) is 17.1 Å². The molecule has 1 aromatic heterocycles. The summed E-state index contributed by atoms with van der Waals surface area (Å²) in [4.78, 5) is 14.8. The monoisotopic (exact) mass is 283 g/mol. The van der Waals surface area contributed by atoms with E-state index in [1.165, 1.54) is 18.9 Å². The van der Waals surface area contributed by atoms with Crippen LogP contribution < -0.4 is 10.2 Å². The fraction of sp³-hybridized carbons (Fsp3) is 0.643. The average Bonchev–Trinajstić information content (AvgIpc) is 2.92.